The maximum absolute atomic E-state index is 13.5. The van der Waals surface area contributed by atoms with Crippen LogP contribution in [-0.4, -0.2) is 42.1 Å². The number of benzene rings is 1. The Bertz CT molecular complexity index is 548. The molecule has 0 fully saturated rings. The molecule has 0 aliphatic heterocycles. The van der Waals surface area contributed by atoms with Gasteiger partial charge in [-0.1, -0.05) is 32.0 Å². The average molecular weight is 383 g/mol. The van der Waals surface area contributed by atoms with Crippen molar-refractivity contribution in [3.63, 3.8) is 0 Å². The number of thioether (sulfide) groups is 1. The number of carbonyl (C=O) groups excluding carboxylic acids is 2. The van der Waals surface area contributed by atoms with Gasteiger partial charge in [-0.05, 0) is 30.9 Å². The summed E-state index contributed by atoms with van der Waals surface area (Å²) in [5.41, 5.74) is 0.686. The van der Waals surface area contributed by atoms with Crippen LogP contribution >= 0.6 is 11.8 Å². The summed E-state index contributed by atoms with van der Waals surface area (Å²) >= 11 is 1.59. The van der Waals surface area contributed by atoms with Crippen LogP contribution < -0.4 is 5.32 Å². The zero-order valence-electron chi connectivity index (χ0n) is 15.9. The predicted molar refractivity (Wildman–Crippen MR) is 107 cm³/mol. The first-order valence-corrected chi connectivity index (χ1v) is 10.6. The van der Waals surface area contributed by atoms with Gasteiger partial charge in [0.1, 0.15) is 5.82 Å². The summed E-state index contributed by atoms with van der Waals surface area (Å²) in [6, 6.07) is 6.74. The summed E-state index contributed by atoms with van der Waals surface area (Å²) in [4.78, 5) is 25.8. The molecule has 4 nitrogen and oxygen atoms in total. The Balaban J connectivity index is 2.11. The lowest BCUT2D eigenvalue weighted by Gasteiger charge is -2.21. The molecule has 0 unspecified atom stereocenters. The minimum Gasteiger partial charge on any atom is -0.355 e. The highest BCUT2D eigenvalue weighted by atomic mass is 32.2. The van der Waals surface area contributed by atoms with E-state index in [0.717, 1.165) is 31.7 Å². The molecule has 1 aromatic rings. The molecule has 2 amide bonds. The Morgan fingerprint density at radius 2 is 1.81 bits per heavy atom. The van der Waals surface area contributed by atoms with Gasteiger partial charge in [-0.25, -0.2) is 4.39 Å². The monoisotopic (exact) mass is 382 g/mol. The fraction of sp³-hybridized carbons (Fsp3) is 0.600. The van der Waals surface area contributed by atoms with E-state index in [1.54, 1.807) is 23.9 Å². The minimum atomic E-state index is -0.186. The third-order valence-electron chi connectivity index (χ3n) is 3.92. The fourth-order valence-corrected chi connectivity index (χ4v) is 3.45. The second kappa shape index (κ2) is 13.6. The Morgan fingerprint density at radius 1 is 1.12 bits per heavy atom. The quantitative estimate of drug-likeness (QED) is 0.525. The van der Waals surface area contributed by atoms with Crippen LogP contribution in [0.25, 0.3) is 0 Å². The van der Waals surface area contributed by atoms with E-state index in [1.807, 2.05) is 11.0 Å². The number of halogens is 1. The van der Waals surface area contributed by atoms with E-state index in [-0.39, 0.29) is 17.6 Å². The number of hydrogen-bond acceptors (Lipinski definition) is 3. The summed E-state index contributed by atoms with van der Waals surface area (Å²) in [5.74, 6) is 1.26. The van der Waals surface area contributed by atoms with Crippen molar-refractivity contribution in [2.24, 2.45) is 0 Å². The molecule has 0 aliphatic carbocycles. The van der Waals surface area contributed by atoms with Crippen LogP contribution in [0.5, 0.6) is 0 Å². The maximum Gasteiger partial charge on any atom is 0.222 e. The lowest BCUT2D eigenvalue weighted by Crippen LogP contribution is -2.32. The molecule has 1 rings (SSSR count). The predicted octanol–water partition coefficient (Wildman–Crippen LogP) is 3.99. The maximum atomic E-state index is 13.5. The van der Waals surface area contributed by atoms with Gasteiger partial charge in [0.2, 0.25) is 11.8 Å². The lowest BCUT2D eigenvalue weighted by atomic mass is 10.2. The summed E-state index contributed by atoms with van der Waals surface area (Å²) < 4.78 is 13.5. The average Bonchev–Trinajstić information content (AvgIpc) is 2.62. The van der Waals surface area contributed by atoms with E-state index < -0.39 is 0 Å². The number of rotatable bonds is 13. The second-order valence-corrected chi connectivity index (χ2v) is 7.33. The third kappa shape index (κ3) is 9.22. The molecule has 0 aliphatic rings. The highest BCUT2D eigenvalue weighted by Crippen LogP contribution is 2.14. The van der Waals surface area contributed by atoms with Crippen molar-refractivity contribution in [2.75, 3.05) is 25.4 Å². The van der Waals surface area contributed by atoms with E-state index >= 15 is 0 Å². The molecule has 1 N–H and O–H groups in total. The van der Waals surface area contributed by atoms with E-state index in [4.69, 9.17) is 0 Å². The van der Waals surface area contributed by atoms with Crippen LogP contribution in [0, 0.1) is 5.82 Å². The standard InChI is InChI=1S/C20H31FN2O2S/c1-3-13-23(14-4-2)20(25)11-7-10-19(24)22-12-15-26-16-17-8-5-6-9-18(17)21/h5-6,8-9H,3-4,7,10-16H2,1-2H3,(H,22,24). The third-order valence-corrected chi connectivity index (χ3v) is 4.93. The first-order chi connectivity index (χ1) is 12.6. The molecule has 0 saturated heterocycles. The molecule has 0 spiro atoms. The van der Waals surface area contributed by atoms with Gasteiger partial charge in [-0.2, -0.15) is 11.8 Å². The van der Waals surface area contributed by atoms with Gasteiger partial charge in [0.15, 0.2) is 0 Å². The first-order valence-electron chi connectivity index (χ1n) is 9.44. The van der Waals surface area contributed by atoms with Gasteiger partial charge in [-0.15, -0.1) is 0 Å². The van der Waals surface area contributed by atoms with Crippen molar-refractivity contribution in [3.05, 3.63) is 35.6 Å². The van der Waals surface area contributed by atoms with Gasteiger partial charge in [0, 0.05) is 44.0 Å². The Morgan fingerprint density at radius 3 is 2.46 bits per heavy atom. The van der Waals surface area contributed by atoms with Crippen molar-refractivity contribution in [1.29, 1.82) is 0 Å². The number of carbonyl (C=O) groups is 2. The molecule has 1 aromatic carbocycles. The molecule has 6 heteroatoms. The van der Waals surface area contributed by atoms with Crippen molar-refractivity contribution < 1.29 is 14.0 Å². The number of nitrogens with one attached hydrogen (secondary N) is 1. The molecule has 0 radical (unpaired) electrons. The van der Waals surface area contributed by atoms with E-state index in [9.17, 15) is 14.0 Å². The van der Waals surface area contributed by atoms with Crippen molar-refractivity contribution in [3.8, 4) is 0 Å². The number of nitrogens with zero attached hydrogens (tertiary/aromatic N) is 1. The Labute approximate surface area is 160 Å². The van der Waals surface area contributed by atoms with E-state index in [0.29, 0.717) is 37.1 Å². The topological polar surface area (TPSA) is 49.4 Å². The molecule has 0 saturated carbocycles. The zero-order valence-corrected chi connectivity index (χ0v) is 16.7. The Kier molecular flexibility index (Phi) is 11.8. The summed E-state index contributed by atoms with van der Waals surface area (Å²) in [6.45, 7) is 6.26. The Hall–Kier alpha value is -1.56. The largest absolute Gasteiger partial charge is 0.355 e. The van der Waals surface area contributed by atoms with Crippen molar-refractivity contribution >= 4 is 23.6 Å². The zero-order chi connectivity index (χ0) is 19.2. The van der Waals surface area contributed by atoms with Gasteiger partial charge < -0.3 is 10.2 Å². The summed E-state index contributed by atoms with van der Waals surface area (Å²) in [5, 5.41) is 2.86. The smallest absolute Gasteiger partial charge is 0.222 e. The van der Waals surface area contributed by atoms with Crippen LogP contribution in [0.4, 0.5) is 4.39 Å². The number of hydrogen-bond donors (Lipinski definition) is 1. The molecule has 146 valence electrons. The summed E-state index contributed by atoms with van der Waals surface area (Å²) in [7, 11) is 0. The van der Waals surface area contributed by atoms with Gasteiger partial charge in [-0.3, -0.25) is 9.59 Å². The molecule has 0 atom stereocenters. The van der Waals surface area contributed by atoms with Crippen LogP contribution in [0.1, 0.15) is 51.5 Å². The number of amides is 2. The van der Waals surface area contributed by atoms with Crippen LogP contribution in [0.2, 0.25) is 0 Å². The highest BCUT2D eigenvalue weighted by molar-refractivity contribution is 7.98. The van der Waals surface area contributed by atoms with Crippen LogP contribution in [0.3, 0.4) is 0 Å². The molecular weight excluding hydrogens is 351 g/mol. The SMILES string of the molecule is CCCN(CCC)C(=O)CCCC(=O)NCCSCc1ccccc1F. The summed E-state index contributed by atoms with van der Waals surface area (Å²) in [6.07, 6.45) is 3.29. The van der Waals surface area contributed by atoms with Crippen LogP contribution in [0.15, 0.2) is 24.3 Å². The van der Waals surface area contributed by atoms with Crippen molar-refractivity contribution in [2.45, 2.75) is 51.7 Å². The molecule has 0 heterocycles. The second-order valence-electron chi connectivity index (χ2n) is 6.23. The minimum absolute atomic E-state index is 0.0261. The normalized spacial score (nSPS) is 10.6. The van der Waals surface area contributed by atoms with Gasteiger partial charge >= 0.3 is 0 Å². The molecule has 0 aromatic heterocycles. The lowest BCUT2D eigenvalue weighted by molar-refractivity contribution is -0.131. The highest BCUT2D eigenvalue weighted by Gasteiger charge is 2.12. The van der Waals surface area contributed by atoms with Gasteiger partial charge in [0.25, 0.3) is 0 Å². The van der Waals surface area contributed by atoms with E-state index in [2.05, 4.69) is 19.2 Å². The first kappa shape index (κ1) is 22.5. The fourth-order valence-electron chi connectivity index (χ4n) is 2.61. The molecule has 26 heavy (non-hydrogen) atoms. The van der Waals surface area contributed by atoms with Crippen molar-refractivity contribution in [1.82, 2.24) is 10.2 Å². The molecular formula is C20H31FN2O2S. The van der Waals surface area contributed by atoms with Crippen LogP contribution in [-0.2, 0) is 15.3 Å². The van der Waals surface area contributed by atoms with E-state index in [1.165, 1.54) is 6.07 Å². The molecule has 0 bridgehead atoms. The van der Waals surface area contributed by atoms with Gasteiger partial charge in [0.05, 0.1) is 0 Å².